The van der Waals surface area contributed by atoms with E-state index in [1.165, 1.54) is 22.3 Å². The quantitative estimate of drug-likeness (QED) is 0.339. The Morgan fingerprint density at radius 2 is 1.00 bits per heavy atom. The van der Waals surface area contributed by atoms with Crippen LogP contribution in [0.4, 0.5) is 0 Å². The number of hydrogen-bond donors (Lipinski definition) is 0. The fraction of sp³-hybridized carbons (Fsp3) is 0. The van der Waals surface area contributed by atoms with Gasteiger partial charge < -0.3 is 0 Å². The number of thiophene rings is 2. The molecule has 2 aromatic rings. The van der Waals surface area contributed by atoms with Crippen molar-refractivity contribution >= 4 is 122 Å². The lowest BCUT2D eigenvalue weighted by atomic mass is 10.5. The van der Waals surface area contributed by atoms with Crippen molar-refractivity contribution in [3.8, 4) is 0 Å². The van der Waals surface area contributed by atoms with Crippen molar-refractivity contribution in [2.75, 3.05) is 0 Å². The monoisotopic (exact) mass is 644 g/mol. The maximum atomic E-state index is 2.43. The largest absolute Gasteiger partial charge is 0.126 e. The third-order valence-corrected chi connectivity index (χ3v) is 11.5. The second kappa shape index (κ2) is 4.22. The molecule has 2 heterocycles. The van der Waals surface area contributed by atoms with Gasteiger partial charge in [0.2, 0.25) is 0 Å². The van der Waals surface area contributed by atoms with E-state index in [-0.39, 0.29) is 0 Å². The molecule has 0 aliphatic carbocycles. The van der Waals surface area contributed by atoms with Gasteiger partial charge in [-0.2, -0.15) is 0 Å². The summed E-state index contributed by atoms with van der Waals surface area (Å²) in [5.74, 6) is 0. The molecule has 0 atom stereocenters. The minimum absolute atomic E-state index is 1.42. The van der Waals surface area contributed by atoms with Gasteiger partial charge in [-0.1, -0.05) is 0 Å². The standard InChI is InChI=1S/C6I4S2/c7-1-3-4(12-5(1)9)2(8)6(10)11-3. The molecule has 0 N–H and O–H groups in total. The van der Waals surface area contributed by atoms with Crippen LogP contribution in [0.1, 0.15) is 0 Å². The van der Waals surface area contributed by atoms with E-state index in [1.54, 1.807) is 0 Å². The van der Waals surface area contributed by atoms with Crippen molar-refractivity contribution in [2.24, 2.45) is 0 Å². The number of fused-ring (bicyclic) bond motifs is 1. The van der Waals surface area contributed by atoms with Crippen LogP contribution in [0.3, 0.4) is 0 Å². The van der Waals surface area contributed by atoms with Crippen molar-refractivity contribution < 1.29 is 0 Å². The highest BCUT2D eigenvalue weighted by molar-refractivity contribution is 14.1. The molecule has 12 heavy (non-hydrogen) atoms. The molecule has 0 radical (unpaired) electrons. The van der Waals surface area contributed by atoms with E-state index in [2.05, 4.69) is 90.4 Å². The Bertz CT molecular complexity index is 400. The molecule has 6 heteroatoms. The molecule has 0 aliphatic heterocycles. The first-order valence-electron chi connectivity index (χ1n) is 2.82. The van der Waals surface area contributed by atoms with Crippen molar-refractivity contribution in [2.45, 2.75) is 0 Å². The predicted octanol–water partition coefficient (Wildman–Crippen LogP) is 5.38. The Morgan fingerprint density at radius 1 is 0.667 bits per heavy atom. The normalized spacial score (nSPS) is 11.3. The molecule has 2 aromatic heterocycles. The smallest absolute Gasteiger partial charge is 0.0808 e. The lowest BCUT2D eigenvalue weighted by Crippen LogP contribution is -1.62. The summed E-state index contributed by atoms with van der Waals surface area (Å²) in [5, 5.41) is 0. The topological polar surface area (TPSA) is 0 Å². The van der Waals surface area contributed by atoms with Gasteiger partial charge >= 0.3 is 0 Å². The van der Waals surface area contributed by atoms with Gasteiger partial charge in [-0.15, -0.1) is 22.7 Å². The Morgan fingerprint density at radius 3 is 1.33 bits per heavy atom. The van der Waals surface area contributed by atoms with Gasteiger partial charge in [0, 0.05) is 0 Å². The molecule has 0 spiro atoms. The van der Waals surface area contributed by atoms with E-state index in [9.17, 15) is 0 Å². The zero-order chi connectivity index (χ0) is 8.88. The molecule has 0 bridgehead atoms. The summed E-state index contributed by atoms with van der Waals surface area (Å²) in [7, 11) is 0. The summed E-state index contributed by atoms with van der Waals surface area (Å²) in [5.41, 5.74) is 0. The first-order chi connectivity index (χ1) is 5.61. The lowest BCUT2D eigenvalue weighted by Gasteiger charge is -1.82. The maximum absolute atomic E-state index is 2.43. The fourth-order valence-electron chi connectivity index (χ4n) is 0.829. The molecule has 0 nitrogen and oxygen atoms in total. The molecule has 0 aromatic carbocycles. The van der Waals surface area contributed by atoms with E-state index in [0.29, 0.717) is 0 Å². The Labute approximate surface area is 132 Å². The molecule has 0 amide bonds. The van der Waals surface area contributed by atoms with Crippen LogP contribution in [0.15, 0.2) is 0 Å². The van der Waals surface area contributed by atoms with Gasteiger partial charge in [0.15, 0.2) is 0 Å². The zero-order valence-corrected chi connectivity index (χ0v) is 15.6. The summed E-state index contributed by atoms with van der Waals surface area (Å²) >= 11 is 13.5. The minimum atomic E-state index is 1.42. The Hall–Kier alpha value is 2.58. The van der Waals surface area contributed by atoms with Crippen LogP contribution in [0.25, 0.3) is 9.40 Å². The summed E-state index contributed by atoms with van der Waals surface area (Å²) < 4.78 is 8.64. The van der Waals surface area contributed by atoms with Crippen LogP contribution in [-0.4, -0.2) is 0 Å². The summed E-state index contributed by atoms with van der Waals surface area (Å²) in [4.78, 5) is 0. The highest BCUT2D eigenvalue weighted by Gasteiger charge is 2.15. The summed E-state index contributed by atoms with van der Waals surface area (Å²) in [6, 6.07) is 0. The highest BCUT2D eigenvalue weighted by Crippen LogP contribution is 2.42. The van der Waals surface area contributed by atoms with Gasteiger partial charge in [0.05, 0.1) is 22.3 Å². The van der Waals surface area contributed by atoms with Crippen molar-refractivity contribution in [3.63, 3.8) is 0 Å². The van der Waals surface area contributed by atoms with Crippen LogP contribution in [0.5, 0.6) is 0 Å². The number of halogens is 4. The van der Waals surface area contributed by atoms with Crippen LogP contribution < -0.4 is 0 Å². The molecule has 64 valence electrons. The zero-order valence-electron chi connectivity index (χ0n) is 5.33. The third kappa shape index (κ3) is 1.80. The van der Waals surface area contributed by atoms with Gasteiger partial charge in [-0.3, -0.25) is 0 Å². The van der Waals surface area contributed by atoms with Crippen molar-refractivity contribution in [3.05, 3.63) is 12.9 Å². The first kappa shape index (κ1) is 11.1. The molecule has 2 rings (SSSR count). The molecule has 0 fully saturated rings. The van der Waals surface area contributed by atoms with Crippen molar-refractivity contribution in [1.82, 2.24) is 0 Å². The SMILES string of the molecule is Ic1sc2c(I)c(I)sc2c1I. The second-order valence-corrected chi connectivity index (χ2v) is 9.86. The third-order valence-electron chi connectivity index (χ3n) is 1.33. The van der Waals surface area contributed by atoms with Gasteiger partial charge in [-0.05, 0) is 90.4 Å². The maximum Gasteiger partial charge on any atom is 0.0808 e. The van der Waals surface area contributed by atoms with Crippen LogP contribution in [-0.2, 0) is 0 Å². The minimum Gasteiger partial charge on any atom is -0.126 e. The molecule has 0 saturated heterocycles. The Kier molecular flexibility index (Phi) is 3.89. The number of rotatable bonds is 0. The van der Waals surface area contributed by atoms with E-state index in [4.69, 9.17) is 0 Å². The summed E-state index contributed by atoms with van der Waals surface area (Å²) in [6.45, 7) is 0. The lowest BCUT2D eigenvalue weighted by molar-refractivity contribution is 1.96. The van der Waals surface area contributed by atoms with E-state index >= 15 is 0 Å². The first-order valence-corrected chi connectivity index (χ1v) is 8.77. The fourth-order valence-corrected chi connectivity index (χ4v) is 7.18. The molecule has 0 unspecified atom stereocenters. The highest BCUT2D eigenvalue weighted by atomic mass is 127. The second-order valence-electron chi connectivity index (χ2n) is 2.04. The van der Waals surface area contributed by atoms with Gasteiger partial charge in [-0.25, -0.2) is 0 Å². The number of hydrogen-bond acceptors (Lipinski definition) is 2. The van der Waals surface area contributed by atoms with E-state index < -0.39 is 0 Å². The van der Waals surface area contributed by atoms with Crippen LogP contribution >= 0.6 is 113 Å². The predicted molar refractivity (Wildman–Crippen MR) is 90.6 cm³/mol. The average Bonchev–Trinajstić information content (AvgIpc) is 2.43. The van der Waals surface area contributed by atoms with Crippen molar-refractivity contribution in [1.29, 1.82) is 0 Å². The average molecular weight is 644 g/mol. The Balaban J connectivity index is 2.93. The van der Waals surface area contributed by atoms with Crippen LogP contribution in [0, 0.1) is 12.9 Å². The van der Waals surface area contributed by atoms with Gasteiger partial charge in [0.25, 0.3) is 0 Å². The molecular weight excluding hydrogens is 644 g/mol. The van der Waals surface area contributed by atoms with E-state index in [1.807, 2.05) is 22.7 Å². The van der Waals surface area contributed by atoms with E-state index in [0.717, 1.165) is 0 Å². The van der Waals surface area contributed by atoms with Crippen LogP contribution in [0.2, 0.25) is 0 Å². The molecule has 0 aliphatic rings. The van der Waals surface area contributed by atoms with Gasteiger partial charge in [0.1, 0.15) is 0 Å². The summed E-state index contributed by atoms with van der Waals surface area (Å²) in [6.07, 6.45) is 0. The molecular formula is C6I4S2. The molecule has 0 saturated carbocycles.